The molecule has 2 amide bonds. The number of alkyl halides is 3. The SMILES string of the molecule is C=C[C@@](C)(Nc1nc(Cl)nc2c1CN(C(=O)N1CCOCC1)C2)c1cccc(C(F)(F)F)c1F. The van der Waals surface area contributed by atoms with Crippen LogP contribution in [-0.2, 0) is 29.5 Å². The summed E-state index contributed by atoms with van der Waals surface area (Å²) in [7, 11) is 0. The molecule has 182 valence electrons. The predicted octanol–water partition coefficient (Wildman–Crippen LogP) is 4.57. The Balaban J connectivity index is 1.66. The van der Waals surface area contributed by atoms with E-state index in [1.807, 2.05) is 0 Å². The number of nitrogens with zero attached hydrogens (tertiary/aromatic N) is 4. The van der Waals surface area contributed by atoms with Crippen LogP contribution in [0.3, 0.4) is 0 Å². The summed E-state index contributed by atoms with van der Waals surface area (Å²) in [6.07, 6.45) is -3.57. The van der Waals surface area contributed by atoms with Gasteiger partial charge < -0.3 is 19.9 Å². The van der Waals surface area contributed by atoms with Crippen molar-refractivity contribution in [3.05, 3.63) is 64.3 Å². The molecule has 0 spiro atoms. The van der Waals surface area contributed by atoms with Crippen molar-refractivity contribution in [1.82, 2.24) is 19.8 Å². The Morgan fingerprint density at radius 2 is 1.85 bits per heavy atom. The first kappa shape index (κ1) is 24.2. The van der Waals surface area contributed by atoms with Gasteiger partial charge in [-0.2, -0.15) is 13.2 Å². The van der Waals surface area contributed by atoms with Crippen LogP contribution in [0.4, 0.5) is 28.2 Å². The maximum atomic E-state index is 14.9. The molecule has 1 aromatic heterocycles. The molecule has 0 saturated carbocycles. The summed E-state index contributed by atoms with van der Waals surface area (Å²) in [6, 6.07) is 2.86. The van der Waals surface area contributed by atoms with Crippen LogP contribution in [0.5, 0.6) is 0 Å². The van der Waals surface area contributed by atoms with E-state index in [2.05, 4.69) is 21.9 Å². The van der Waals surface area contributed by atoms with Gasteiger partial charge in [-0.1, -0.05) is 18.2 Å². The fourth-order valence-electron chi connectivity index (χ4n) is 4.04. The molecule has 0 radical (unpaired) electrons. The van der Waals surface area contributed by atoms with Crippen molar-refractivity contribution >= 4 is 23.4 Å². The molecule has 1 aromatic carbocycles. The number of nitrogens with one attached hydrogen (secondary N) is 1. The summed E-state index contributed by atoms with van der Waals surface area (Å²) in [6.45, 7) is 7.34. The van der Waals surface area contributed by atoms with Gasteiger partial charge in [0.05, 0.1) is 43.1 Å². The van der Waals surface area contributed by atoms with Crippen molar-refractivity contribution in [3.8, 4) is 0 Å². The summed E-state index contributed by atoms with van der Waals surface area (Å²) < 4.78 is 60.1. The molecule has 0 aliphatic carbocycles. The molecular weight excluding hydrogens is 478 g/mol. The molecule has 0 bridgehead atoms. The summed E-state index contributed by atoms with van der Waals surface area (Å²) in [5.41, 5.74) is -2.07. The van der Waals surface area contributed by atoms with Gasteiger partial charge in [-0.3, -0.25) is 0 Å². The number of fused-ring (bicyclic) bond motifs is 1. The second kappa shape index (κ2) is 9.03. The van der Waals surface area contributed by atoms with Crippen LogP contribution in [0, 0.1) is 5.82 Å². The van der Waals surface area contributed by atoms with Gasteiger partial charge >= 0.3 is 12.2 Å². The third-order valence-electron chi connectivity index (χ3n) is 5.96. The van der Waals surface area contributed by atoms with Crippen molar-refractivity contribution in [1.29, 1.82) is 0 Å². The van der Waals surface area contributed by atoms with Gasteiger partial charge in [-0.25, -0.2) is 19.2 Å². The Labute approximate surface area is 198 Å². The largest absolute Gasteiger partial charge is 0.419 e. The van der Waals surface area contributed by atoms with E-state index in [1.165, 1.54) is 19.1 Å². The normalized spacial score (nSPS) is 17.8. The quantitative estimate of drug-likeness (QED) is 0.379. The third-order valence-corrected chi connectivity index (χ3v) is 6.13. The summed E-state index contributed by atoms with van der Waals surface area (Å²) in [4.78, 5) is 24.6. The number of hydrogen-bond acceptors (Lipinski definition) is 5. The van der Waals surface area contributed by atoms with Crippen LogP contribution in [0.25, 0.3) is 0 Å². The van der Waals surface area contributed by atoms with Crippen LogP contribution >= 0.6 is 11.6 Å². The average Bonchev–Trinajstić information content (AvgIpc) is 3.22. The molecule has 34 heavy (non-hydrogen) atoms. The number of rotatable bonds is 4. The minimum atomic E-state index is -4.86. The van der Waals surface area contributed by atoms with Crippen molar-refractivity contribution in [2.45, 2.75) is 31.7 Å². The van der Waals surface area contributed by atoms with Crippen LogP contribution < -0.4 is 5.32 Å². The first-order valence-electron chi connectivity index (χ1n) is 10.5. The lowest BCUT2D eigenvalue weighted by molar-refractivity contribution is -0.140. The Bertz CT molecular complexity index is 1120. The number of hydrogen-bond donors (Lipinski definition) is 1. The van der Waals surface area contributed by atoms with Gasteiger partial charge in [-0.05, 0) is 24.6 Å². The highest BCUT2D eigenvalue weighted by molar-refractivity contribution is 6.28. The lowest BCUT2D eigenvalue weighted by atomic mass is 9.89. The molecule has 1 atom stereocenters. The molecular formula is C22H22ClF4N5O2. The maximum Gasteiger partial charge on any atom is 0.419 e. The minimum Gasteiger partial charge on any atom is -0.378 e. The summed E-state index contributed by atoms with van der Waals surface area (Å²) in [5, 5.41) is 2.88. The van der Waals surface area contributed by atoms with Gasteiger partial charge in [0.25, 0.3) is 0 Å². The Morgan fingerprint density at radius 1 is 1.18 bits per heavy atom. The van der Waals surface area contributed by atoms with Gasteiger partial charge in [0.1, 0.15) is 11.6 Å². The smallest absolute Gasteiger partial charge is 0.378 e. The van der Waals surface area contributed by atoms with E-state index < -0.39 is 23.1 Å². The highest BCUT2D eigenvalue weighted by Crippen LogP contribution is 2.38. The molecule has 2 aliphatic rings. The van der Waals surface area contributed by atoms with E-state index in [1.54, 1.807) is 9.80 Å². The van der Waals surface area contributed by atoms with E-state index in [-0.39, 0.29) is 35.8 Å². The summed E-state index contributed by atoms with van der Waals surface area (Å²) in [5.74, 6) is -1.22. The first-order chi connectivity index (χ1) is 16.0. The number of benzene rings is 1. The zero-order valence-corrected chi connectivity index (χ0v) is 19.0. The third kappa shape index (κ3) is 4.54. The number of aromatic nitrogens is 2. The van der Waals surface area contributed by atoms with Crippen molar-refractivity contribution < 1.29 is 27.1 Å². The molecule has 0 unspecified atom stereocenters. The van der Waals surface area contributed by atoms with Gasteiger partial charge in [-0.15, -0.1) is 6.58 Å². The van der Waals surface area contributed by atoms with Gasteiger partial charge in [0.15, 0.2) is 0 Å². The van der Waals surface area contributed by atoms with E-state index in [9.17, 15) is 22.4 Å². The fourth-order valence-corrected chi connectivity index (χ4v) is 4.23. The number of halogens is 5. The van der Waals surface area contributed by atoms with Crippen molar-refractivity contribution in [3.63, 3.8) is 0 Å². The lowest BCUT2D eigenvalue weighted by Gasteiger charge is -2.31. The van der Waals surface area contributed by atoms with Gasteiger partial charge in [0.2, 0.25) is 5.28 Å². The Hall–Kier alpha value is -2.92. The number of morpholine rings is 1. The number of anilines is 1. The molecule has 12 heteroatoms. The monoisotopic (exact) mass is 499 g/mol. The van der Waals surface area contributed by atoms with Crippen molar-refractivity contribution in [2.24, 2.45) is 0 Å². The second-order valence-corrected chi connectivity index (χ2v) is 8.54. The molecule has 2 aliphatic heterocycles. The number of amides is 2. The molecule has 7 nitrogen and oxygen atoms in total. The molecule has 4 rings (SSSR count). The van der Waals surface area contributed by atoms with Crippen LogP contribution in [0.15, 0.2) is 30.9 Å². The fraction of sp³-hybridized carbons (Fsp3) is 0.409. The van der Waals surface area contributed by atoms with Crippen LogP contribution in [0.1, 0.15) is 29.3 Å². The first-order valence-corrected chi connectivity index (χ1v) is 10.9. The molecule has 1 saturated heterocycles. The van der Waals surface area contributed by atoms with E-state index >= 15 is 0 Å². The highest BCUT2D eigenvalue weighted by Gasteiger charge is 2.39. The highest BCUT2D eigenvalue weighted by atomic mass is 35.5. The second-order valence-electron chi connectivity index (χ2n) is 8.20. The maximum absolute atomic E-state index is 14.9. The standard InChI is InChI=1S/C22H22ClF4N5O2/c1-3-21(2,14-5-4-6-15(17(14)24)22(25,26)27)30-18-13-11-32(12-16(13)28-19(23)29-18)20(33)31-7-9-34-10-8-31/h3-6H,1,7-12H2,2H3,(H,28,29,30)/t21-/m1/s1. The zero-order valence-electron chi connectivity index (χ0n) is 18.3. The molecule has 3 heterocycles. The Kier molecular flexibility index (Phi) is 6.43. The summed E-state index contributed by atoms with van der Waals surface area (Å²) >= 11 is 6.10. The van der Waals surface area contributed by atoms with E-state index in [0.29, 0.717) is 43.6 Å². The van der Waals surface area contributed by atoms with E-state index in [0.717, 1.165) is 6.07 Å². The number of ether oxygens (including phenoxy) is 1. The number of carbonyl (C=O) groups excluding carboxylic acids is 1. The number of carbonyl (C=O) groups is 1. The van der Waals surface area contributed by atoms with Crippen LogP contribution in [0.2, 0.25) is 5.28 Å². The molecule has 1 N–H and O–H groups in total. The average molecular weight is 500 g/mol. The molecule has 1 fully saturated rings. The number of urea groups is 1. The Morgan fingerprint density at radius 3 is 2.50 bits per heavy atom. The predicted molar refractivity (Wildman–Crippen MR) is 117 cm³/mol. The van der Waals surface area contributed by atoms with Crippen LogP contribution in [-0.4, -0.2) is 52.1 Å². The topological polar surface area (TPSA) is 70.6 Å². The lowest BCUT2D eigenvalue weighted by Crippen LogP contribution is -2.46. The van der Waals surface area contributed by atoms with E-state index in [4.69, 9.17) is 16.3 Å². The van der Waals surface area contributed by atoms with Crippen molar-refractivity contribution in [2.75, 3.05) is 31.6 Å². The van der Waals surface area contributed by atoms with Gasteiger partial charge in [0, 0.05) is 24.2 Å². The molecule has 2 aromatic rings. The zero-order chi connectivity index (χ0) is 24.7. The minimum absolute atomic E-state index is 0.113.